The zero-order chi connectivity index (χ0) is 18.4. The number of aryl methyl sites for hydroxylation is 1. The van der Waals surface area contributed by atoms with Crippen LogP contribution in [0.3, 0.4) is 0 Å². The molecule has 0 fully saturated rings. The van der Waals surface area contributed by atoms with Gasteiger partial charge in [-0.2, -0.15) is 0 Å². The lowest BCUT2D eigenvalue weighted by Gasteiger charge is -2.04. The van der Waals surface area contributed by atoms with E-state index in [1.807, 2.05) is 19.1 Å². The van der Waals surface area contributed by atoms with Gasteiger partial charge < -0.3 is 9.52 Å². The average molecular weight is 381 g/mol. The Kier molecular flexibility index (Phi) is 6.50. The van der Waals surface area contributed by atoms with Crippen molar-refractivity contribution in [2.24, 2.45) is 0 Å². The van der Waals surface area contributed by atoms with Crippen LogP contribution in [-0.4, -0.2) is 17.4 Å². The van der Waals surface area contributed by atoms with Gasteiger partial charge in [-0.15, -0.1) is 11.3 Å². The van der Waals surface area contributed by atoms with E-state index in [1.54, 1.807) is 6.26 Å². The first kappa shape index (κ1) is 18.9. The minimum Gasteiger partial charge on any atom is -0.481 e. The molecule has 2 aromatic heterocycles. The Labute approximate surface area is 152 Å². The van der Waals surface area contributed by atoms with Crippen LogP contribution >= 0.6 is 22.9 Å². The highest BCUT2D eigenvalue weighted by atomic mass is 35.5. The smallest absolute Gasteiger partial charge is 0.307 e. The molecule has 3 rings (SSSR count). The molecule has 0 bridgehead atoms. The number of aldehydes is 1. The molecule has 1 N–H and O–H groups in total. The van der Waals surface area contributed by atoms with Gasteiger partial charge in [0.2, 0.25) is 0 Å². The van der Waals surface area contributed by atoms with Gasteiger partial charge in [-0.3, -0.25) is 9.59 Å². The maximum Gasteiger partial charge on any atom is 0.307 e. The van der Waals surface area contributed by atoms with E-state index >= 15 is 0 Å². The van der Waals surface area contributed by atoms with Gasteiger partial charge in [0.05, 0.1) is 17.6 Å². The Morgan fingerprint density at radius 1 is 1.36 bits per heavy atom. The van der Waals surface area contributed by atoms with Gasteiger partial charge in [0.1, 0.15) is 11.6 Å². The number of halogens is 2. The molecule has 0 radical (unpaired) electrons. The van der Waals surface area contributed by atoms with Crippen LogP contribution in [0.15, 0.2) is 47.1 Å². The molecule has 0 aliphatic rings. The molecular formula is C18H14ClFO4S. The zero-order valence-electron chi connectivity index (χ0n) is 13.2. The molecule has 25 heavy (non-hydrogen) atoms. The summed E-state index contributed by atoms with van der Waals surface area (Å²) in [6.07, 6.45) is 2.02. The quantitative estimate of drug-likeness (QED) is 0.629. The summed E-state index contributed by atoms with van der Waals surface area (Å²) in [5.74, 6) is -0.612. The van der Waals surface area contributed by atoms with Crippen molar-refractivity contribution in [2.75, 3.05) is 0 Å². The van der Waals surface area contributed by atoms with E-state index in [9.17, 15) is 14.0 Å². The number of rotatable bonds is 4. The SMILES string of the molecule is Cc1ccco1.O=Cc1cc(CC(=O)O)c(-c2ccc(Cl)cc2F)s1. The summed E-state index contributed by atoms with van der Waals surface area (Å²) in [6.45, 7) is 1.92. The molecule has 4 nitrogen and oxygen atoms in total. The molecule has 3 aromatic rings. The Balaban J connectivity index is 0.000000316. The van der Waals surface area contributed by atoms with Gasteiger partial charge in [0.15, 0.2) is 6.29 Å². The molecular weight excluding hydrogens is 367 g/mol. The first-order valence-corrected chi connectivity index (χ1v) is 8.35. The summed E-state index contributed by atoms with van der Waals surface area (Å²) < 4.78 is 18.7. The fourth-order valence-corrected chi connectivity index (χ4v) is 3.25. The molecule has 0 atom stereocenters. The van der Waals surface area contributed by atoms with Crippen molar-refractivity contribution in [3.63, 3.8) is 0 Å². The lowest BCUT2D eigenvalue weighted by Crippen LogP contribution is -2.00. The van der Waals surface area contributed by atoms with Gasteiger partial charge in [-0.1, -0.05) is 11.6 Å². The molecule has 1 aromatic carbocycles. The Morgan fingerprint density at radius 2 is 2.12 bits per heavy atom. The fourth-order valence-electron chi connectivity index (χ4n) is 2.06. The minimum absolute atomic E-state index is 0.249. The summed E-state index contributed by atoms with van der Waals surface area (Å²) in [7, 11) is 0. The predicted molar refractivity (Wildman–Crippen MR) is 94.9 cm³/mol. The number of hydrogen-bond donors (Lipinski definition) is 1. The summed E-state index contributed by atoms with van der Waals surface area (Å²) >= 11 is 6.73. The molecule has 0 saturated heterocycles. The van der Waals surface area contributed by atoms with Gasteiger partial charge in [-0.05, 0) is 48.9 Å². The first-order valence-electron chi connectivity index (χ1n) is 7.16. The highest BCUT2D eigenvalue weighted by Crippen LogP contribution is 2.35. The average Bonchev–Trinajstić information content (AvgIpc) is 3.17. The Bertz CT molecular complexity index is 871. The number of carbonyl (C=O) groups excluding carboxylic acids is 1. The van der Waals surface area contributed by atoms with Crippen molar-refractivity contribution >= 4 is 35.2 Å². The number of thiophene rings is 1. The highest BCUT2D eigenvalue weighted by molar-refractivity contribution is 7.17. The van der Waals surface area contributed by atoms with E-state index in [4.69, 9.17) is 21.1 Å². The van der Waals surface area contributed by atoms with Crippen molar-refractivity contribution in [1.82, 2.24) is 0 Å². The largest absolute Gasteiger partial charge is 0.481 e. The second-order valence-corrected chi connectivity index (χ2v) is 6.56. The number of carbonyl (C=O) groups is 2. The van der Waals surface area contributed by atoms with Crippen molar-refractivity contribution in [3.8, 4) is 10.4 Å². The van der Waals surface area contributed by atoms with Crippen LogP contribution in [0.2, 0.25) is 5.02 Å². The first-order chi connectivity index (χ1) is 11.9. The summed E-state index contributed by atoms with van der Waals surface area (Å²) in [4.78, 5) is 22.4. The van der Waals surface area contributed by atoms with Crippen LogP contribution < -0.4 is 0 Å². The van der Waals surface area contributed by atoms with Crippen LogP contribution in [-0.2, 0) is 11.2 Å². The number of aliphatic carboxylic acids is 1. The summed E-state index contributed by atoms with van der Waals surface area (Å²) in [6, 6.07) is 9.40. The van der Waals surface area contributed by atoms with Crippen molar-refractivity contribution in [3.05, 3.63) is 69.7 Å². The second-order valence-electron chi connectivity index (χ2n) is 5.04. The molecule has 7 heteroatoms. The normalized spacial score (nSPS) is 10.0. The second kappa shape index (κ2) is 8.60. The summed E-state index contributed by atoms with van der Waals surface area (Å²) in [5, 5.41) is 9.09. The number of hydrogen-bond acceptors (Lipinski definition) is 4. The molecule has 0 spiro atoms. The van der Waals surface area contributed by atoms with Crippen LogP contribution in [0, 0.1) is 12.7 Å². The van der Waals surface area contributed by atoms with Crippen molar-refractivity contribution in [1.29, 1.82) is 0 Å². The molecule has 0 aliphatic heterocycles. The summed E-state index contributed by atoms with van der Waals surface area (Å²) in [5.41, 5.74) is 0.666. The van der Waals surface area contributed by atoms with E-state index < -0.39 is 11.8 Å². The van der Waals surface area contributed by atoms with E-state index in [-0.39, 0.29) is 17.0 Å². The van der Waals surface area contributed by atoms with Gasteiger partial charge in [-0.25, -0.2) is 4.39 Å². The van der Waals surface area contributed by atoms with Crippen LogP contribution in [0.1, 0.15) is 21.0 Å². The van der Waals surface area contributed by atoms with Crippen molar-refractivity contribution in [2.45, 2.75) is 13.3 Å². The lowest BCUT2D eigenvalue weighted by molar-refractivity contribution is -0.136. The van der Waals surface area contributed by atoms with E-state index in [2.05, 4.69) is 0 Å². The minimum atomic E-state index is -1.04. The third kappa shape index (κ3) is 5.27. The third-order valence-corrected chi connectivity index (χ3v) is 4.50. The maximum atomic E-state index is 13.9. The third-order valence-electron chi connectivity index (χ3n) is 3.13. The van der Waals surface area contributed by atoms with Crippen molar-refractivity contribution < 1.29 is 23.5 Å². The van der Waals surface area contributed by atoms with Crippen LogP contribution in [0.5, 0.6) is 0 Å². The topological polar surface area (TPSA) is 67.5 Å². The Hall–Kier alpha value is -2.44. The van der Waals surface area contributed by atoms with E-state index in [1.165, 1.54) is 18.2 Å². The number of furan rings is 1. The lowest BCUT2D eigenvalue weighted by atomic mass is 10.1. The van der Waals surface area contributed by atoms with Gasteiger partial charge >= 0.3 is 5.97 Å². The fraction of sp³-hybridized carbons (Fsp3) is 0.111. The monoisotopic (exact) mass is 380 g/mol. The number of benzene rings is 1. The molecule has 0 aliphatic carbocycles. The molecule has 130 valence electrons. The van der Waals surface area contributed by atoms with Crippen LogP contribution in [0.4, 0.5) is 4.39 Å². The molecule has 0 amide bonds. The molecule has 2 heterocycles. The number of carboxylic acids is 1. The van der Waals surface area contributed by atoms with E-state index in [0.717, 1.165) is 23.2 Å². The molecule has 0 saturated carbocycles. The Morgan fingerprint density at radius 3 is 2.60 bits per heavy atom. The highest BCUT2D eigenvalue weighted by Gasteiger charge is 2.16. The number of carboxylic acid groups (broad SMARTS) is 1. The van der Waals surface area contributed by atoms with E-state index in [0.29, 0.717) is 21.6 Å². The standard InChI is InChI=1S/C13H8ClFO3S.C5H6O/c14-8-1-2-10(11(15)5-8)13-7(4-12(17)18)3-9(6-16)19-13;1-5-3-2-4-6-5/h1-3,5-6H,4H2,(H,17,18);2-4H,1H3. The maximum absolute atomic E-state index is 13.9. The predicted octanol–water partition coefficient (Wildman–Crippen LogP) is 5.24. The molecule has 0 unspecified atom stereocenters. The van der Waals surface area contributed by atoms with Gasteiger partial charge in [0, 0.05) is 15.5 Å². The van der Waals surface area contributed by atoms with Gasteiger partial charge in [0.25, 0.3) is 0 Å². The zero-order valence-corrected chi connectivity index (χ0v) is 14.7. The van der Waals surface area contributed by atoms with Crippen LogP contribution in [0.25, 0.3) is 10.4 Å².